The highest BCUT2D eigenvalue weighted by Gasteiger charge is 2.06. The second kappa shape index (κ2) is 11.9. The number of hydrogen-bond acceptors (Lipinski definition) is 7. The van der Waals surface area contributed by atoms with Gasteiger partial charge in [-0.2, -0.15) is 0 Å². The summed E-state index contributed by atoms with van der Waals surface area (Å²) in [5.41, 5.74) is 0. The second-order valence-electron chi connectivity index (χ2n) is 5.07. The zero-order valence-corrected chi connectivity index (χ0v) is 14.1. The minimum absolute atomic E-state index is 0.690. The van der Waals surface area contributed by atoms with E-state index in [4.69, 9.17) is 9.47 Å². The monoisotopic (exact) mass is 317 g/mol. The van der Waals surface area contributed by atoms with Gasteiger partial charge in [-0.25, -0.2) is 4.68 Å². The van der Waals surface area contributed by atoms with E-state index < -0.39 is 0 Å². The molecule has 0 amide bonds. The minimum Gasteiger partial charge on any atom is -0.383 e. The molecule has 0 aliphatic rings. The van der Waals surface area contributed by atoms with Crippen LogP contribution in [0.4, 0.5) is 0 Å². The van der Waals surface area contributed by atoms with Crippen molar-refractivity contribution in [2.45, 2.75) is 32.0 Å². The average molecular weight is 317 g/mol. The van der Waals surface area contributed by atoms with Crippen LogP contribution < -0.4 is 5.32 Å². The SMILES string of the molecule is COCCNCCn1nnnc1SCCOCCC(C)C. The van der Waals surface area contributed by atoms with Crippen LogP contribution in [0.3, 0.4) is 0 Å². The molecule has 1 aromatic rings. The molecular formula is C13H27N5O2S. The summed E-state index contributed by atoms with van der Waals surface area (Å²) in [7, 11) is 1.70. The van der Waals surface area contributed by atoms with Gasteiger partial charge in [0.2, 0.25) is 5.16 Å². The fourth-order valence-electron chi connectivity index (χ4n) is 1.54. The first-order valence-electron chi connectivity index (χ1n) is 7.40. The summed E-state index contributed by atoms with van der Waals surface area (Å²) in [6.45, 7) is 9.10. The third-order valence-electron chi connectivity index (χ3n) is 2.78. The van der Waals surface area contributed by atoms with Gasteiger partial charge in [0, 0.05) is 32.6 Å². The molecule has 1 aromatic heterocycles. The number of tetrazole rings is 1. The van der Waals surface area contributed by atoms with Gasteiger partial charge in [-0.05, 0) is 22.8 Å². The molecule has 21 heavy (non-hydrogen) atoms. The van der Waals surface area contributed by atoms with Gasteiger partial charge in [-0.15, -0.1) is 5.10 Å². The number of ether oxygens (including phenoxy) is 2. The molecule has 1 rings (SSSR count). The highest BCUT2D eigenvalue weighted by molar-refractivity contribution is 7.99. The van der Waals surface area contributed by atoms with E-state index in [-0.39, 0.29) is 0 Å². The Balaban J connectivity index is 2.10. The molecule has 1 N–H and O–H groups in total. The molecule has 0 aromatic carbocycles. The van der Waals surface area contributed by atoms with Gasteiger partial charge in [-0.1, -0.05) is 25.6 Å². The number of hydrogen-bond donors (Lipinski definition) is 1. The van der Waals surface area contributed by atoms with Crippen molar-refractivity contribution in [2.75, 3.05) is 45.8 Å². The van der Waals surface area contributed by atoms with E-state index in [9.17, 15) is 0 Å². The first kappa shape index (κ1) is 18.3. The van der Waals surface area contributed by atoms with Gasteiger partial charge in [-0.3, -0.25) is 0 Å². The lowest BCUT2D eigenvalue weighted by Crippen LogP contribution is -2.24. The van der Waals surface area contributed by atoms with Crippen LogP contribution in [0.1, 0.15) is 20.3 Å². The molecule has 0 fully saturated rings. The molecule has 0 aliphatic carbocycles. The standard InChI is InChI=1S/C13H27N5O2S/c1-12(2)4-8-20-10-11-21-13-15-16-17-18(13)7-5-14-6-9-19-3/h12,14H,4-11H2,1-3H3. The van der Waals surface area contributed by atoms with Crippen molar-refractivity contribution in [3.8, 4) is 0 Å². The van der Waals surface area contributed by atoms with Crippen molar-refractivity contribution in [1.82, 2.24) is 25.5 Å². The molecule has 0 atom stereocenters. The minimum atomic E-state index is 0.690. The molecule has 0 bridgehead atoms. The zero-order chi connectivity index (χ0) is 15.3. The van der Waals surface area contributed by atoms with Crippen molar-refractivity contribution < 1.29 is 9.47 Å². The Bertz CT molecular complexity index is 362. The van der Waals surface area contributed by atoms with Crippen LogP contribution in [-0.4, -0.2) is 66.0 Å². The zero-order valence-electron chi connectivity index (χ0n) is 13.2. The van der Waals surface area contributed by atoms with E-state index in [1.54, 1.807) is 18.9 Å². The van der Waals surface area contributed by atoms with Crippen molar-refractivity contribution in [3.05, 3.63) is 0 Å². The van der Waals surface area contributed by atoms with Crippen molar-refractivity contribution >= 4 is 11.8 Å². The number of nitrogens with zero attached hydrogens (tertiary/aromatic N) is 4. The molecule has 1 heterocycles. The topological polar surface area (TPSA) is 74.1 Å². The van der Waals surface area contributed by atoms with Crippen LogP contribution in [0.5, 0.6) is 0 Å². The third-order valence-corrected chi connectivity index (χ3v) is 3.70. The Morgan fingerprint density at radius 2 is 2.10 bits per heavy atom. The average Bonchev–Trinajstić information content (AvgIpc) is 2.89. The highest BCUT2D eigenvalue weighted by Crippen LogP contribution is 2.12. The predicted octanol–water partition coefficient (Wildman–Crippen LogP) is 1.06. The van der Waals surface area contributed by atoms with E-state index in [0.29, 0.717) is 12.5 Å². The normalized spacial score (nSPS) is 11.4. The molecular weight excluding hydrogens is 290 g/mol. The van der Waals surface area contributed by atoms with Crippen LogP contribution in [0.15, 0.2) is 5.16 Å². The lowest BCUT2D eigenvalue weighted by atomic mass is 10.1. The molecule has 0 spiro atoms. The molecule has 7 nitrogen and oxygen atoms in total. The summed E-state index contributed by atoms with van der Waals surface area (Å²) in [5.74, 6) is 1.56. The Hall–Kier alpha value is -0.700. The molecule has 0 saturated heterocycles. The Kier molecular flexibility index (Phi) is 10.4. The first-order chi connectivity index (χ1) is 10.2. The summed E-state index contributed by atoms with van der Waals surface area (Å²) in [5, 5.41) is 15.9. The summed E-state index contributed by atoms with van der Waals surface area (Å²) in [4.78, 5) is 0. The van der Waals surface area contributed by atoms with E-state index in [1.807, 2.05) is 4.68 Å². The van der Waals surface area contributed by atoms with Crippen molar-refractivity contribution in [2.24, 2.45) is 5.92 Å². The van der Waals surface area contributed by atoms with Gasteiger partial charge < -0.3 is 14.8 Å². The first-order valence-corrected chi connectivity index (χ1v) is 8.39. The van der Waals surface area contributed by atoms with Gasteiger partial charge in [0.1, 0.15) is 0 Å². The van der Waals surface area contributed by atoms with Gasteiger partial charge in [0.25, 0.3) is 0 Å². The van der Waals surface area contributed by atoms with E-state index in [1.165, 1.54) is 0 Å². The maximum atomic E-state index is 5.58. The maximum Gasteiger partial charge on any atom is 0.209 e. The number of thioether (sulfide) groups is 1. The highest BCUT2D eigenvalue weighted by atomic mass is 32.2. The van der Waals surface area contributed by atoms with E-state index in [2.05, 4.69) is 34.7 Å². The van der Waals surface area contributed by atoms with Gasteiger partial charge in [0.15, 0.2) is 0 Å². The molecule has 0 radical (unpaired) electrons. The van der Waals surface area contributed by atoms with Crippen LogP contribution in [-0.2, 0) is 16.0 Å². The summed E-state index contributed by atoms with van der Waals surface area (Å²) >= 11 is 1.63. The lowest BCUT2D eigenvalue weighted by molar-refractivity contribution is 0.138. The van der Waals surface area contributed by atoms with Crippen LogP contribution in [0.2, 0.25) is 0 Å². The molecule has 0 unspecified atom stereocenters. The Morgan fingerprint density at radius 3 is 2.86 bits per heavy atom. The fraction of sp³-hybridized carbons (Fsp3) is 0.923. The quantitative estimate of drug-likeness (QED) is 0.431. The number of rotatable bonds is 13. The fourth-order valence-corrected chi connectivity index (χ4v) is 2.29. The smallest absolute Gasteiger partial charge is 0.209 e. The lowest BCUT2D eigenvalue weighted by Gasteiger charge is -2.07. The molecule has 0 saturated carbocycles. The van der Waals surface area contributed by atoms with E-state index in [0.717, 1.165) is 50.2 Å². The second-order valence-corrected chi connectivity index (χ2v) is 6.13. The molecule has 8 heteroatoms. The maximum absolute atomic E-state index is 5.58. The predicted molar refractivity (Wildman–Crippen MR) is 83.6 cm³/mol. The van der Waals surface area contributed by atoms with Crippen LogP contribution >= 0.6 is 11.8 Å². The van der Waals surface area contributed by atoms with Crippen LogP contribution in [0.25, 0.3) is 0 Å². The molecule has 0 aliphatic heterocycles. The summed E-state index contributed by atoms with van der Waals surface area (Å²) in [6.07, 6.45) is 1.11. The largest absolute Gasteiger partial charge is 0.383 e. The van der Waals surface area contributed by atoms with Crippen molar-refractivity contribution in [3.63, 3.8) is 0 Å². The van der Waals surface area contributed by atoms with Crippen molar-refractivity contribution in [1.29, 1.82) is 0 Å². The summed E-state index contributed by atoms with van der Waals surface area (Å²) < 4.78 is 12.4. The van der Waals surface area contributed by atoms with E-state index >= 15 is 0 Å². The van der Waals surface area contributed by atoms with Gasteiger partial charge in [0.05, 0.1) is 19.8 Å². The number of nitrogens with one attached hydrogen (secondary N) is 1. The Labute approximate surface area is 131 Å². The van der Waals surface area contributed by atoms with Crippen LogP contribution in [0, 0.1) is 5.92 Å². The Morgan fingerprint density at radius 1 is 1.24 bits per heavy atom. The number of methoxy groups -OCH3 is 1. The molecule has 122 valence electrons. The number of aromatic nitrogens is 4. The summed E-state index contributed by atoms with van der Waals surface area (Å²) in [6, 6.07) is 0. The van der Waals surface area contributed by atoms with Gasteiger partial charge >= 0.3 is 0 Å². The third kappa shape index (κ3) is 9.02.